The Morgan fingerprint density at radius 1 is 1.55 bits per heavy atom. The van der Waals surface area contributed by atoms with Crippen LogP contribution in [0.1, 0.15) is 36.5 Å². The van der Waals surface area contributed by atoms with Gasteiger partial charge in [0.1, 0.15) is 5.82 Å². The van der Waals surface area contributed by atoms with Gasteiger partial charge in [0.2, 0.25) is 0 Å². The molecule has 0 aliphatic carbocycles. The van der Waals surface area contributed by atoms with Crippen molar-refractivity contribution < 1.29 is 9.18 Å². The third-order valence-corrected chi connectivity index (χ3v) is 4.74. The Bertz CT molecular complexity index is 495. The lowest BCUT2D eigenvalue weighted by Crippen LogP contribution is -2.49. The SMILES string of the molecule is CCC1CCN(C(=O)c2ccc(Br)c(F)c2)C(CN)C1. The number of benzene rings is 1. The van der Waals surface area contributed by atoms with Crippen molar-refractivity contribution in [3.8, 4) is 0 Å². The number of nitrogens with zero attached hydrogens (tertiary/aromatic N) is 1. The Kier molecular flexibility index (Phi) is 5.16. The molecular formula is C15H20BrFN2O. The number of hydrogen-bond donors (Lipinski definition) is 1. The van der Waals surface area contributed by atoms with Gasteiger partial charge in [-0.05, 0) is 52.9 Å². The van der Waals surface area contributed by atoms with Gasteiger partial charge in [0.05, 0.1) is 4.47 Å². The first-order chi connectivity index (χ1) is 9.56. The lowest BCUT2D eigenvalue weighted by Gasteiger charge is -2.39. The van der Waals surface area contributed by atoms with Crippen LogP contribution in [-0.4, -0.2) is 29.9 Å². The van der Waals surface area contributed by atoms with Gasteiger partial charge in [0, 0.05) is 24.7 Å². The van der Waals surface area contributed by atoms with Crippen molar-refractivity contribution in [2.45, 2.75) is 32.2 Å². The minimum atomic E-state index is -0.413. The summed E-state index contributed by atoms with van der Waals surface area (Å²) in [5.41, 5.74) is 6.19. The normalized spacial score (nSPS) is 22.9. The molecule has 1 aromatic rings. The number of nitrogens with two attached hydrogens (primary N) is 1. The average molecular weight is 343 g/mol. The Hall–Kier alpha value is -0.940. The maximum Gasteiger partial charge on any atom is 0.254 e. The molecule has 2 N–H and O–H groups in total. The van der Waals surface area contributed by atoms with E-state index in [9.17, 15) is 9.18 Å². The van der Waals surface area contributed by atoms with Gasteiger partial charge in [-0.1, -0.05) is 13.3 Å². The summed E-state index contributed by atoms with van der Waals surface area (Å²) in [4.78, 5) is 14.3. The molecule has 3 nitrogen and oxygen atoms in total. The first-order valence-electron chi connectivity index (χ1n) is 7.02. The zero-order valence-electron chi connectivity index (χ0n) is 11.6. The Labute approximate surface area is 127 Å². The molecule has 110 valence electrons. The first-order valence-corrected chi connectivity index (χ1v) is 7.82. The summed E-state index contributed by atoms with van der Waals surface area (Å²) in [6.07, 6.45) is 3.06. The van der Waals surface area contributed by atoms with Crippen molar-refractivity contribution in [2.24, 2.45) is 11.7 Å². The number of rotatable bonds is 3. The molecule has 1 aliphatic rings. The largest absolute Gasteiger partial charge is 0.334 e. The third-order valence-electron chi connectivity index (χ3n) is 4.10. The van der Waals surface area contributed by atoms with Gasteiger partial charge in [0.25, 0.3) is 5.91 Å². The number of piperidine rings is 1. The quantitative estimate of drug-likeness (QED) is 0.916. The monoisotopic (exact) mass is 342 g/mol. The van der Waals surface area contributed by atoms with Crippen LogP contribution in [0, 0.1) is 11.7 Å². The summed E-state index contributed by atoms with van der Waals surface area (Å²) >= 11 is 3.10. The van der Waals surface area contributed by atoms with Crippen molar-refractivity contribution in [3.63, 3.8) is 0 Å². The Morgan fingerprint density at radius 2 is 2.30 bits per heavy atom. The van der Waals surface area contributed by atoms with E-state index < -0.39 is 5.82 Å². The standard InChI is InChI=1S/C15H20BrFN2O/c1-2-10-5-6-19(12(7-10)9-18)15(20)11-3-4-13(16)14(17)8-11/h3-4,8,10,12H,2,5-7,9,18H2,1H3. The predicted octanol–water partition coefficient (Wildman–Crippen LogP) is 3.18. The molecule has 5 heteroatoms. The Morgan fingerprint density at radius 3 is 2.90 bits per heavy atom. The molecule has 0 aromatic heterocycles. The molecule has 1 aromatic carbocycles. The molecule has 0 radical (unpaired) electrons. The molecule has 1 heterocycles. The fourth-order valence-electron chi connectivity index (χ4n) is 2.79. The molecule has 20 heavy (non-hydrogen) atoms. The topological polar surface area (TPSA) is 46.3 Å². The summed E-state index contributed by atoms with van der Waals surface area (Å²) in [5, 5.41) is 0. The van der Waals surface area contributed by atoms with Crippen LogP contribution in [-0.2, 0) is 0 Å². The van der Waals surface area contributed by atoms with Crippen molar-refractivity contribution in [3.05, 3.63) is 34.1 Å². The van der Waals surface area contributed by atoms with Gasteiger partial charge in [-0.15, -0.1) is 0 Å². The van der Waals surface area contributed by atoms with E-state index in [1.54, 1.807) is 17.0 Å². The molecule has 0 spiro atoms. The van der Waals surface area contributed by atoms with E-state index in [0.717, 1.165) is 19.3 Å². The smallest absolute Gasteiger partial charge is 0.254 e. The maximum absolute atomic E-state index is 13.6. The van der Waals surface area contributed by atoms with Crippen LogP contribution in [0.25, 0.3) is 0 Å². The first kappa shape index (κ1) is 15.4. The molecule has 1 fully saturated rings. The second kappa shape index (κ2) is 6.68. The van der Waals surface area contributed by atoms with E-state index in [-0.39, 0.29) is 11.9 Å². The molecule has 2 rings (SSSR count). The van der Waals surface area contributed by atoms with Crippen molar-refractivity contribution in [2.75, 3.05) is 13.1 Å². The molecule has 1 aliphatic heterocycles. The van der Waals surface area contributed by atoms with Gasteiger partial charge >= 0.3 is 0 Å². The molecular weight excluding hydrogens is 323 g/mol. The van der Waals surface area contributed by atoms with Crippen LogP contribution in [0.15, 0.2) is 22.7 Å². The summed E-state index contributed by atoms with van der Waals surface area (Å²) in [5.74, 6) is 0.0965. The number of carbonyl (C=O) groups excluding carboxylic acids is 1. The minimum Gasteiger partial charge on any atom is -0.334 e. The lowest BCUT2D eigenvalue weighted by molar-refractivity contribution is 0.0558. The van der Waals surface area contributed by atoms with Gasteiger partial charge in [-0.2, -0.15) is 0 Å². The highest BCUT2D eigenvalue weighted by Gasteiger charge is 2.30. The third kappa shape index (κ3) is 3.20. The van der Waals surface area contributed by atoms with E-state index in [4.69, 9.17) is 5.73 Å². The van der Waals surface area contributed by atoms with E-state index in [2.05, 4.69) is 22.9 Å². The van der Waals surface area contributed by atoms with E-state index in [0.29, 0.717) is 29.0 Å². The summed E-state index contributed by atoms with van der Waals surface area (Å²) < 4.78 is 13.9. The minimum absolute atomic E-state index is 0.0629. The molecule has 1 amide bonds. The van der Waals surface area contributed by atoms with Crippen molar-refractivity contribution >= 4 is 21.8 Å². The zero-order chi connectivity index (χ0) is 14.7. The van der Waals surface area contributed by atoms with Crippen molar-refractivity contribution in [1.29, 1.82) is 0 Å². The molecule has 0 saturated carbocycles. The highest BCUT2D eigenvalue weighted by Crippen LogP contribution is 2.27. The summed E-state index contributed by atoms with van der Waals surface area (Å²) in [7, 11) is 0. The maximum atomic E-state index is 13.6. The summed E-state index contributed by atoms with van der Waals surface area (Å²) in [6, 6.07) is 4.56. The number of likely N-dealkylation sites (tertiary alicyclic amines) is 1. The highest BCUT2D eigenvalue weighted by molar-refractivity contribution is 9.10. The van der Waals surface area contributed by atoms with Crippen LogP contribution in [0.4, 0.5) is 4.39 Å². The van der Waals surface area contributed by atoms with Gasteiger partial charge in [-0.25, -0.2) is 4.39 Å². The second-order valence-corrected chi connectivity index (χ2v) is 6.17. The molecule has 0 bridgehead atoms. The van der Waals surface area contributed by atoms with Gasteiger partial charge in [-0.3, -0.25) is 4.79 Å². The average Bonchev–Trinajstić information content (AvgIpc) is 2.48. The van der Waals surface area contributed by atoms with Crippen molar-refractivity contribution in [1.82, 2.24) is 4.90 Å². The van der Waals surface area contributed by atoms with Gasteiger partial charge in [0.15, 0.2) is 0 Å². The fraction of sp³-hybridized carbons (Fsp3) is 0.533. The predicted molar refractivity (Wildman–Crippen MR) is 81.0 cm³/mol. The second-order valence-electron chi connectivity index (χ2n) is 5.32. The van der Waals surface area contributed by atoms with E-state index in [1.807, 2.05) is 0 Å². The number of amides is 1. The van der Waals surface area contributed by atoms with Crippen LogP contribution < -0.4 is 5.73 Å². The Balaban J connectivity index is 2.17. The fourth-order valence-corrected chi connectivity index (χ4v) is 3.04. The number of hydrogen-bond acceptors (Lipinski definition) is 2. The molecule has 1 saturated heterocycles. The number of halogens is 2. The molecule has 2 atom stereocenters. The van der Waals surface area contributed by atoms with Crippen LogP contribution in [0.3, 0.4) is 0 Å². The highest BCUT2D eigenvalue weighted by atomic mass is 79.9. The summed E-state index contributed by atoms with van der Waals surface area (Å²) in [6.45, 7) is 3.33. The lowest BCUT2D eigenvalue weighted by atomic mass is 9.88. The number of carbonyl (C=O) groups is 1. The van der Waals surface area contributed by atoms with Crippen LogP contribution in [0.2, 0.25) is 0 Å². The van der Waals surface area contributed by atoms with Crippen LogP contribution in [0.5, 0.6) is 0 Å². The van der Waals surface area contributed by atoms with Crippen LogP contribution >= 0.6 is 15.9 Å². The van der Waals surface area contributed by atoms with E-state index >= 15 is 0 Å². The zero-order valence-corrected chi connectivity index (χ0v) is 13.2. The van der Waals surface area contributed by atoms with E-state index in [1.165, 1.54) is 6.07 Å². The molecule has 2 unspecified atom stereocenters. The van der Waals surface area contributed by atoms with Gasteiger partial charge < -0.3 is 10.6 Å².